The number of hydrogen-bond donors (Lipinski definition) is 3. The van der Waals surface area contributed by atoms with Crippen LogP contribution in [0.5, 0.6) is 0 Å². The number of H-pyrrole nitrogens is 1. The summed E-state index contributed by atoms with van der Waals surface area (Å²) in [5, 5.41) is 22.4. The van der Waals surface area contributed by atoms with Gasteiger partial charge in [-0.25, -0.2) is 4.79 Å². The van der Waals surface area contributed by atoms with Crippen molar-refractivity contribution in [2.45, 2.75) is 31.8 Å². The second-order valence-electron chi connectivity index (χ2n) is 6.27. The van der Waals surface area contributed by atoms with Crippen LogP contribution in [-0.2, 0) is 11.3 Å². The summed E-state index contributed by atoms with van der Waals surface area (Å²) in [4.78, 5) is 26.1. The van der Waals surface area contributed by atoms with E-state index in [-0.39, 0.29) is 6.61 Å². The van der Waals surface area contributed by atoms with Crippen LogP contribution in [0.2, 0.25) is 0 Å². The van der Waals surface area contributed by atoms with Crippen molar-refractivity contribution in [2.75, 3.05) is 6.61 Å². The van der Waals surface area contributed by atoms with Crippen LogP contribution in [0.3, 0.4) is 0 Å². The van der Waals surface area contributed by atoms with Gasteiger partial charge in [0.05, 0.1) is 24.6 Å². The van der Waals surface area contributed by atoms with Gasteiger partial charge in [0.1, 0.15) is 6.10 Å². The fourth-order valence-electron chi connectivity index (χ4n) is 3.15. The molecule has 2 aromatic rings. The predicted octanol–water partition coefficient (Wildman–Crippen LogP) is 0.0329. The van der Waals surface area contributed by atoms with Crippen molar-refractivity contribution in [2.24, 2.45) is 5.92 Å². The lowest BCUT2D eigenvalue weighted by atomic mass is 9.97. The normalized spacial score (nSPS) is 25.1. The van der Waals surface area contributed by atoms with E-state index in [1.54, 1.807) is 6.92 Å². The van der Waals surface area contributed by atoms with Crippen LogP contribution >= 0.6 is 0 Å². The Hall–Kier alpha value is -2.73. The van der Waals surface area contributed by atoms with E-state index in [9.17, 15) is 20.0 Å². The Labute approximate surface area is 149 Å². The van der Waals surface area contributed by atoms with Gasteiger partial charge in [-0.3, -0.25) is 14.3 Å². The van der Waals surface area contributed by atoms with Crippen LogP contribution < -0.4 is 16.6 Å². The number of aryl methyl sites for hydroxylation is 1. The molecular weight excluding hydrogens is 336 g/mol. The molecular formula is C18H20N4O4. The van der Waals surface area contributed by atoms with Crippen molar-refractivity contribution >= 4 is 0 Å². The summed E-state index contributed by atoms with van der Waals surface area (Å²) in [5.74, 6) is -0.646. The van der Waals surface area contributed by atoms with Crippen molar-refractivity contribution in [1.29, 1.82) is 5.26 Å². The van der Waals surface area contributed by atoms with Crippen molar-refractivity contribution in [3.05, 3.63) is 68.5 Å². The number of rotatable bonds is 5. The van der Waals surface area contributed by atoms with E-state index >= 15 is 0 Å². The number of aromatic nitrogens is 2. The molecule has 0 bridgehead atoms. The van der Waals surface area contributed by atoms with E-state index < -0.39 is 35.5 Å². The van der Waals surface area contributed by atoms with E-state index in [1.807, 2.05) is 30.3 Å². The zero-order valence-corrected chi connectivity index (χ0v) is 14.3. The molecule has 136 valence electrons. The molecule has 4 atom stereocenters. The maximum Gasteiger partial charge on any atom is 0.330 e. The summed E-state index contributed by atoms with van der Waals surface area (Å²) in [6, 6.07) is 11.3. The van der Waals surface area contributed by atoms with E-state index in [0.717, 1.165) is 5.56 Å². The van der Waals surface area contributed by atoms with Crippen LogP contribution in [0.25, 0.3) is 0 Å². The van der Waals surface area contributed by atoms with Crippen molar-refractivity contribution in [3.63, 3.8) is 0 Å². The largest absolute Gasteiger partial charge is 0.394 e. The monoisotopic (exact) mass is 356 g/mol. The fraction of sp³-hybridized carbons (Fsp3) is 0.389. The molecule has 26 heavy (non-hydrogen) atoms. The number of nitrogens with one attached hydrogen (secondary N) is 2. The maximum atomic E-state index is 12.2. The standard InChI is InChI=1S/C18H20N4O4/c1-11-9-22(18(25)21-16(11)24)17-15(13(7-19)14(10-23)26-17)20-8-12-5-3-2-4-6-12/h2-6,9,13-15,17,20,23H,8,10H2,1H3,(H,21,24,25)/t13-,14-,15-,17-/m1/s1. The van der Waals surface area contributed by atoms with Gasteiger partial charge < -0.3 is 15.2 Å². The number of hydrogen-bond acceptors (Lipinski definition) is 6. The molecule has 0 spiro atoms. The van der Waals surface area contributed by atoms with E-state index in [2.05, 4.69) is 16.4 Å². The molecule has 3 rings (SSSR count). The Morgan fingerprint density at radius 2 is 2.08 bits per heavy atom. The second kappa shape index (κ2) is 7.66. The molecule has 1 aromatic heterocycles. The number of nitriles is 1. The molecule has 1 fully saturated rings. The van der Waals surface area contributed by atoms with Gasteiger partial charge >= 0.3 is 5.69 Å². The average Bonchev–Trinajstić information content (AvgIpc) is 3.01. The fourth-order valence-corrected chi connectivity index (χ4v) is 3.15. The first-order valence-corrected chi connectivity index (χ1v) is 8.30. The molecule has 1 aromatic carbocycles. The third-order valence-electron chi connectivity index (χ3n) is 4.54. The number of nitrogens with zero attached hydrogens (tertiary/aromatic N) is 2. The molecule has 2 heterocycles. The van der Waals surface area contributed by atoms with Gasteiger partial charge in [-0.05, 0) is 12.5 Å². The minimum Gasteiger partial charge on any atom is -0.394 e. The highest BCUT2D eigenvalue weighted by atomic mass is 16.5. The zero-order chi connectivity index (χ0) is 18.7. The molecule has 8 heteroatoms. The second-order valence-corrected chi connectivity index (χ2v) is 6.27. The third kappa shape index (κ3) is 3.46. The summed E-state index contributed by atoms with van der Waals surface area (Å²) in [5.41, 5.74) is 0.289. The summed E-state index contributed by atoms with van der Waals surface area (Å²) in [6.07, 6.45) is -0.127. The number of ether oxygens (including phenoxy) is 1. The SMILES string of the molecule is Cc1cn([C@@H]2O[C@H](CO)[C@@H](C#N)[C@H]2NCc2ccccc2)c(=O)[nH]c1=O. The Balaban J connectivity index is 1.93. The van der Waals surface area contributed by atoms with Crippen LogP contribution in [-0.4, -0.2) is 33.4 Å². The van der Waals surface area contributed by atoms with Gasteiger partial charge in [0, 0.05) is 18.3 Å². The Bertz CT molecular complexity index is 915. The molecule has 0 saturated carbocycles. The molecule has 0 amide bonds. The minimum absolute atomic E-state index is 0.338. The van der Waals surface area contributed by atoms with Gasteiger partial charge in [-0.15, -0.1) is 0 Å². The summed E-state index contributed by atoms with van der Waals surface area (Å²) in [6.45, 7) is 1.72. The number of aliphatic hydroxyl groups excluding tert-OH is 1. The summed E-state index contributed by atoms with van der Waals surface area (Å²) >= 11 is 0. The lowest BCUT2D eigenvalue weighted by molar-refractivity contribution is -0.0338. The topological polar surface area (TPSA) is 120 Å². The van der Waals surface area contributed by atoms with Gasteiger partial charge in [0.15, 0.2) is 6.23 Å². The lowest BCUT2D eigenvalue weighted by Crippen LogP contribution is -2.43. The molecule has 0 radical (unpaired) electrons. The molecule has 3 N–H and O–H groups in total. The molecule has 0 aliphatic carbocycles. The first-order chi connectivity index (χ1) is 12.5. The highest BCUT2D eigenvalue weighted by molar-refractivity contribution is 5.15. The molecule has 1 aliphatic heterocycles. The Kier molecular flexibility index (Phi) is 5.32. The molecule has 8 nitrogen and oxygen atoms in total. The van der Waals surface area contributed by atoms with Crippen LogP contribution in [0.1, 0.15) is 17.4 Å². The minimum atomic E-state index is -0.816. The maximum absolute atomic E-state index is 12.2. The van der Waals surface area contributed by atoms with Gasteiger partial charge in [-0.1, -0.05) is 30.3 Å². The van der Waals surface area contributed by atoms with Crippen molar-refractivity contribution in [1.82, 2.24) is 14.9 Å². The number of aliphatic hydroxyl groups is 1. The predicted molar refractivity (Wildman–Crippen MR) is 93.2 cm³/mol. The highest BCUT2D eigenvalue weighted by Gasteiger charge is 2.45. The molecule has 1 aliphatic rings. The summed E-state index contributed by atoms with van der Waals surface area (Å²) < 4.78 is 7.05. The van der Waals surface area contributed by atoms with Gasteiger partial charge in [0.2, 0.25) is 0 Å². The Morgan fingerprint density at radius 1 is 1.35 bits per heavy atom. The Morgan fingerprint density at radius 3 is 2.73 bits per heavy atom. The van der Waals surface area contributed by atoms with Gasteiger partial charge in [-0.2, -0.15) is 5.26 Å². The third-order valence-corrected chi connectivity index (χ3v) is 4.54. The first-order valence-electron chi connectivity index (χ1n) is 8.30. The van der Waals surface area contributed by atoms with E-state index in [1.165, 1.54) is 10.8 Å². The van der Waals surface area contributed by atoms with Crippen molar-refractivity contribution < 1.29 is 9.84 Å². The van der Waals surface area contributed by atoms with E-state index in [0.29, 0.717) is 12.1 Å². The number of aromatic amines is 1. The van der Waals surface area contributed by atoms with Gasteiger partial charge in [0.25, 0.3) is 5.56 Å². The molecule has 0 unspecified atom stereocenters. The smallest absolute Gasteiger partial charge is 0.330 e. The van der Waals surface area contributed by atoms with Crippen molar-refractivity contribution in [3.8, 4) is 6.07 Å². The lowest BCUT2D eigenvalue weighted by Gasteiger charge is -2.23. The van der Waals surface area contributed by atoms with Crippen LogP contribution in [0.4, 0.5) is 0 Å². The molecule has 1 saturated heterocycles. The van der Waals surface area contributed by atoms with E-state index in [4.69, 9.17) is 4.74 Å². The highest BCUT2D eigenvalue weighted by Crippen LogP contribution is 2.33. The van der Waals surface area contributed by atoms with Crippen LogP contribution in [0, 0.1) is 24.2 Å². The number of benzene rings is 1. The van der Waals surface area contributed by atoms with Crippen LogP contribution in [0.15, 0.2) is 46.1 Å². The summed E-state index contributed by atoms with van der Waals surface area (Å²) in [7, 11) is 0. The average molecular weight is 356 g/mol. The quantitative estimate of drug-likeness (QED) is 0.695. The zero-order valence-electron chi connectivity index (χ0n) is 14.3. The first kappa shape index (κ1) is 18.1.